The predicted octanol–water partition coefficient (Wildman–Crippen LogP) is 6.15. The number of rotatable bonds is 7. The Morgan fingerprint density at radius 3 is 2.52 bits per heavy atom. The van der Waals surface area contributed by atoms with E-state index >= 15 is 0 Å². The maximum Gasteiger partial charge on any atom is 0.344 e. The fraction of sp³-hybridized carbons (Fsp3) is 0.0909. The minimum atomic E-state index is -1.09. The second-order valence-electron chi connectivity index (χ2n) is 6.21. The van der Waals surface area contributed by atoms with Gasteiger partial charge in [0.25, 0.3) is 0 Å². The van der Waals surface area contributed by atoms with Gasteiger partial charge in [0.1, 0.15) is 0 Å². The second-order valence-corrected chi connectivity index (χ2v) is 7.00. The maximum absolute atomic E-state index is 10.6. The number of carboxylic acid groups (broad SMARTS) is 1. The molecule has 0 bridgehead atoms. The van der Waals surface area contributed by atoms with E-state index in [2.05, 4.69) is 10.5 Å². The summed E-state index contributed by atoms with van der Waals surface area (Å²) in [7, 11) is 0. The molecule has 0 aliphatic carbocycles. The van der Waals surface area contributed by atoms with Crippen LogP contribution in [-0.4, -0.2) is 23.9 Å². The highest BCUT2D eigenvalue weighted by molar-refractivity contribution is 6.39. The Hall–Kier alpha value is -3.02. The Bertz CT molecular complexity index is 1070. The van der Waals surface area contributed by atoms with Crippen molar-refractivity contribution in [3.8, 4) is 11.1 Å². The number of oxime groups is 1. The third kappa shape index (κ3) is 5.08. The molecule has 3 aromatic rings. The average Bonchev–Trinajstić information content (AvgIpc) is 2.72. The molecule has 3 rings (SSSR count). The lowest BCUT2D eigenvalue weighted by Crippen LogP contribution is -2.03. The third-order valence-electron chi connectivity index (χ3n) is 4.18. The van der Waals surface area contributed by atoms with Gasteiger partial charge in [0.2, 0.25) is 6.61 Å². The predicted molar refractivity (Wildman–Crippen MR) is 118 cm³/mol. The Labute approximate surface area is 178 Å². The minimum Gasteiger partial charge on any atom is -0.479 e. The standard InChI is InChI=1S/C22H18Cl2N2O3/c1-14-10-11-18(23)22(21(14)24)26-19-9-5-4-8-17(19)16-7-3-2-6-15(16)12-25-29-13-20(27)28/h2-12,26H,13H2,1H3,(H,27,28). The first-order chi connectivity index (χ1) is 14.0. The van der Waals surface area contributed by atoms with Gasteiger partial charge in [-0.1, -0.05) is 76.9 Å². The van der Waals surface area contributed by atoms with Gasteiger partial charge in [-0.15, -0.1) is 0 Å². The van der Waals surface area contributed by atoms with Crippen LogP contribution < -0.4 is 5.32 Å². The molecule has 2 N–H and O–H groups in total. The molecule has 0 atom stereocenters. The lowest BCUT2D eigenvalue weighted by atomic mass is 9.98. The largest absolute Gasteiger partial charge is 0.479 e. The van der Waals surface area contributed by atoms with Gasteiger partial charge in [-0.05, 0) is 30.2 Å². The molecule has 0 heterocycles. The van der Waals surface area contributed by atoms with E-state index in [1.807, 2.05) is 61.5 Å². The van der Waals surface area contributed by atoms with E-state index in [0.29, 0.717) is 15.7 Å². The molecule has 0 aliphatic rings. The first-order valence-corrected chi connectivity index (χ1v) is 9.50. The summed E-state index contributed by atoms with van der Waals surface area (Å²) in [6.45, 7) is 1.42. The van der Waals surface area contributed by atoms with Crippen molar-refractivity contribution in [3.63, 3.8) is 0 Å². The highest BCUT2D eigenvalue weighted by Gasteiger charge is 2.13. The van der Waals surface area contributed by atoms with Gasteiger partial charge in [-0.25, -0.2) is 4.79 Å². The number of anilines is 2. The number of hydrogen-bond acceptors (Lipinski definition) is 4. The van der Waals surface area contributed by atoms with Crippen molar-refractivity contribution in [2.75, 3.05) is 11.9 Å². The summed E-state index contributed by atoms with van der Waals surface area (Å²) < 4.78 is 0. The van der Waals surface area contributed by atoms with E-state index in [1.165, 1.54) is 6.21 Å². The minimum absolute atomic E-state index is 0.499. The molecule has 0 amide bonds. The van der Waals surface area contributed by atoms with Gasteiger partial charge < -0.3 is 15.3 Å². The highest BCUT2D eigenvalue weighted by atomic mass is 35.5. The zero-order chi connectivity index (χ0) is 20.8. The molecule has 5 nitrogen and oxygen atoms in total. The van der Waals surface area contributed by atoms with Gasteiger partial charge >= 0.3 is 5.97 Å². The second kappa shape index (κ2) is 9.45. The van der Waals surface area contributed by atoms with Crippen LogP contribution in [0.15, 0.2) is 65.8 Å². The number of halogens is 2. The van der Waals surface area contributed by atoms with Gasteiger partial charge in [0.05, 0.1) is 21.9 Å². The molecule has 0 aromatic heterocycles. The Morgan fingerprint density at radius 1 is 1.07 bits per heavy atom. The van der Waals surface area contributed by atoms with Crippen LogP contribution in [0.4, 0.5) is 11.4 Å². The summed E-state index contributed by atoms with van der Waals surface area (Å²) in [6, 6.07) is 19.0. The maximum atomic E-state index is 10.6. The number of para-hydroxylation sites is 1. The summed E-state index contributed by atoms with van der Waals surface area (Å²) >= 11 is 12.8. The van der Waals surface area contributed by atoms with Crippen molar-refractivity contribution in [2.45, 2.75) is 6.92 Å². The van der Waals surface area contributed by atoms with E-state index in [0.717, 1.165) is 27.9 Å². The molecule has 3 aromatic carbocycles. The zero-order valence-electron chi connectivity index (χ0n) is 15.5. The molecule has 0 unspecified atom stereocenters. The quantitative estimate of drug-likeness (QED) is 0.349. The van der Waals surface area contributed by atoms with Crippen LogP contribution in [0.2, 0.25) is 10.0 Å². The SMILES string of the molecule is Cc1ccc(Cl)c(Nc2ccccc2-c2ccccc2C=NOCC(=O)O)c1Cl. The van der Waals surface area contributed by atoms with Crippen LogP contribution in [0.3, 0.4) is 0 Å². The van der Waals surface area contributed by atoms with Crippen LogP contribution in [0.25, 0.3) is 11.1 Å². The summed E-state index contributed by atoms with van der Waals surface area (Å²) in [5.74, 6) is -1.09. The van der Waals surface area contributed by atoms with Crippen LogP contribution >= 0.6 is 23.2 Å². The van der Waals surface area contributed by atoms with Gasteiger partial charge in [0, 0.05) is 16.8 Å². The Kier molecular flexibility index (Phi) is 6.75. The third-order valence-corrected chi connectivity index (χ3v) is 4.98. The first kappa shape index (κ1) is 20.7. The molecule has 29 heavy (non-hydrogen) atoms. The van der Waals surface area contributed by atoms with Crippen molar-refractivity contribution in [1.29, 1.82) is 0 Å². The van der Waals surface area contributed by atoms with Crippen LogP contribution in [-0.2, 0) is 9.63 Å². The number of aliphatic carboxylic acids is 1. The van der Waals surface area contributed by atoms with Crippen LogP contribution in [0.5, 0.6) is 0 Å². The van der Waals surface area contributed by atoms with Crippen molar-refractivity contribution in [2.24, 2.45) is 5.16 Å². The van der Waals surface area contributed by atoms with Gasteiger partial charge in [-0.2, -0.15) is 0 Å². The molecular formula is C22H18Cl2N2O3. The fourth-order valence-electron chi connectivity index (χ4n) is 2.77. The molecule has 148 valence electrons. The van der Waals surface area contributed by atoms with E-state index in [1.54, 1.807) is 6.07 Å². The van der Waals surface area contributed by atoms with Crippen molar-refractivity contribution >= 4 is 46.8 Å². The number of carbonyl (C=O) groups is 1. The summed E-state index contributed by atoms with van der Waals surface area (Å²) in [4.78, 5) is 15.3. The summed E-state index contributed by atoms with van der Waals surface area (Å²) in [5, 5.41) is 16.8. The average molecular weight is 429 g/mol. The molecule has 0 saturated carbocycles. The smallest absolute Gasteiger partial charge is 0.344 e. The number of carboxylic acids is 1. The fourth-order valence-corrected chi connectivity index (χ4v) is 3.24. The lowest BCUT2D eigenvalue weighted by molar-refractivity contribution is -0.142. The van der Waals surface area contributed by atoms with E-state index in [4.69, 9.17) is 33.1 Å². The molecule has 0 fully saturated rings. The zero-order valence-corrected chi connectivity index (χ0v) is 17.0. The first-order valence-electron chi connectivity index (χ1n) is 8.74. The molecule has 0 spiro atoms. The van der Waals surface area contributed by atoms with Crippen molar-refractivity contribution in [1.82, 2.24) is 0 Å². The monoisotopic (exact) mass is 428 g/mol. The number of nitrogens with one attached hydrogen (secondary N) is 1. The molecule has 7 heteroatoms. The molecular weight excluding hydrogens is 411 g/mol. The Morgan fingerprint density at radius 2 is 1.76 bits per heavy atom. The number of aryl methyl sites for hydroxylation is 1. The normalized spacial score (nSPS) is 10.9. The molecule has 0 radical (unpaired) electrons. The van der Waals surface area contributed by atoms with Crippen molar-refractivity contribution in [3.05, 3.63) is 81.8 Å². The van der Waals surface area contributed by atoms with E-state index in [-0.39, 0.29) is 0 Å². The van der Waals surface area contributed by atoms with Gasteiger partial charge in [-0.3, -0.25) is 0 Å². The Balaban J connectivity index is 1.99. The molecule has 0 saturated heterocycles. The van der Waals surface area contributed by atoms with Crippen LogP contribution in [0, 0.1) is 6.92 Å². The van der Waals surface area contributed by atoms with Crippen molar-refractivity contribution < 1.29 is 14.7 Å². The van der Waals surface area contributed by atoms with Gasteiger partial charge in [0.15, 0.2) is 0 Å². The summed E-state index contributed by atoms with van der Waals surface area (Å²) in [5.41, 5.74) is 4.93. The number of hydrogen-bond donors (Lipinski definition) is 2. The van der Waals surface area contributed by atoms with E-state index < -0.39 is 12.6 Å². The topological polar surface area (TPSA) is 70.9 Å². The lowest BCUT2D eigenvalue weighted by Gasteiger charge is -2.16. The highest BCUT2D eigenvalue weighted by Crippen LogP contribution is 2.38. The van der Waals surface area contributed by atoms with E-state index in [9.17, 15) is 4.79 Å². The number of benzene rings is 3. The molecule has 0 aliphatic heterocycles. The summed E-state index contributed by atoms with van der Waals surface area (Å²) in [6.07, 6.45) is 1.49. The number of nitrogens with zero attached hydrogens (tertiary/aromatic N) is 1. The van der Waals surface area contributed by atoms with Crippen LogP contribution in [0.1, 0.15) is 11.1 Å².